The fourth-order valence-corrected chi connectivity index (χ4v) is 4.43. The summed E-state index contributed by atoms with van der Waals surface area (Å²) in [7, 11) is 1.40. The van der Waals surface area contributed by atoms with Gasteiger partial charge in [0.05, 0.1) is 19.6 Å². The van der Waals surface area contributed by atoms with Crippen LogP contribution in [-0.2, 0) is 9.53 Å². The number of carbonyl (C=O) groups is 1. The molecular weight excluding hydrogens is 340 g/mol. The molecule has 0 unspecified atom stereocenters. The Morgan fingerprint density at radius 1 is 1.37 bits per heavy atom. The lowest BCUT2D eigenvalue weighted by atomic mass is 9.75. The first-order valence-electron chi connectivity index (χ1n) is 9.84. The Bertz CT molecular complexity index is 691. The van der Waals surface area contributed by atoms with Crippen molar-refractivity contribution >= 4 is 5.97 Å². The van der Waals surface area contributed by atoms with Gasteiger partial charge in [-0.3, -0.25) is 4.79 Å². The van der Waals surface area contributed by atoms with Gasteiger partial charge >= 0.3 is 5.97 Å². The lowest BCUT2D eigenvalue weighted by Gasteiger charge is -2.31. The van der Waals surface area contributed by atoms with E-state index in [0.29, 0.717) is 13.0 Å². The van der Waals surface area contributed by atoms with Gasteiger partial charge in [-0.15, -0.1) is 6.58 Å². The molecule has 1 fully saturated rings. The Morgan fingerprint density at radius 2 is 2.15 bits per heavy atom. The van der Waals surface area contributed by atoms with Gasteiger partial charge in [-0.25, -0.2) is 0 Å². The second-order valence-electron chi connectivity index (χ2n) is 7.90. The molecule has 1 aromatic carbocycles. The van der Waals surface area contributed by atoms with Crippen molar-refractivity contribution in [3.05, 3.63) is 54.1 Å². The summed E-state index contributed by atoms with van der Waals surface area (Å²) in [4.78, 5) is 11.5. The minimum absolute atomic E-state index is 0.0544. The minimum Gasteiger partial charge on any atom is -0.489 e. The van der Waals surface area contributed by atoms with Gasteiger partial charge in [0.1, 0.15) is 12.4 Å². The number of benzene rings is 1. The molecule has 27 heavy (non-hydrogen) atoms. The number of allylic oxidation sites excluding steroid dienone is 2. The van der Waals surface area contributed by atoms with Crippen molar-refractivity contribution in [3.8, 4) is 5.75 Å². The second kappa shape index (κ2) is 8.75. The van der Waals surface area contributed by atoms with Crippen LogP contribution in [0.2, 0.25) is 0 Å². The molecule has 0 heterocycles. The molecular formula is C23H30O4. The largest absolute Gasteiger partial charge is 0.489 e. The first kappa shape index (κ1) is 19.7. The molecule has 2 aliphatic rings. The molecule has 1 spiro atoms. The standard InChI is InChI=1S/C23H30O4/c1-3-18(13-22(25)26-2)19-6-8-21(9-7-19)27-16-17-5-4-11-23(14-17)12-10-20(24)15-23/h3,6-9,14,18,20,24H,1,4-5,10-13,15-16H2,2H3/t18-,20+,23-/m0/s1. The van der Waals surface area contributed by atoms with E-state index in [9.17, 15) is 9.90 Å². The van der Waals surface area contributed by atoms with Crippen LogP contribution in [0, 0.1) is 5.41 Å². The van der Waals surface area contributed by atoms with Crippen LogP contribution in [0.3, 0.4) is 0 Å². The van der Waals surface area contributed by atoms with Crippen LogP contribution in [0.15, 0.2) is 48.6 Å². The highest BCUT2D eigenvalue weighted by atomic mass is 16.5. The number of carbonyl (C=O) groups excluding carboxylic acids is 1. The molecule has 0 amide bonds. The van der Waals surface area contributed by atoms with Crippen molar-refractivity contribution in [2.75, 3.05) is 13.7 Å². The van der Waals surface area contributed by atoms with Crippen molar-refractivity contribution in [1.82, 2.24) is 0 Å². The Balaban J connectivity index is 1.58. The van der Waals surface area contributed by atoms with Crippen LogP contribution in [0.1, 0.15) is 56.4 Å². The lowest BCUT2D eigenvalue weighted by molar-refractivity contribution is -0.140. The summed E-state index contributed by atoms with van der Waals surface area (Å²) in [6.07, 6.45) is 10.7. The third kappa shape index (κ3) is 5.01. The summed E-state index contributed by atoms with van der Waals surface area (Å²) < 4.78 is 10.7. The highest BCUT2D eigenvalue weighted by molar-refractivity contribution is 5.70. The Kier molecular flexibility index (Phi) is 6.38. The van der Waals surface area contributed by atoms with Crippen molar-refractivity contribution in [3.63, 3.8) is 0 Å². The van der Waals surface area contributed by atoms with Crippen molar-refractivity contribution in [2.45, 2.75) is 57.0 Å². The SMILES string of the molecule is C=C[C@@H](CC(=O)OC)c1ccc(OCC2=C[C@]3(CCC2)CC[C@@H](O)C3)cc1. The van der Waals surface area contributed by atoms with Gasteiger partial charge in [-0.05, 0) is 67.2 Å². The quantitative estimate of drug-likeness (QED) is 0.565. The number of aliphatic hydroxyl groups is 1. The number of rotatable bonds is 7. The third-order valence-corrected chi connectivity index (χ3v) is 5.93. The zero-order valence-corrected chi connectivity index (χ0v) is 16.2. The van der Waals surface area contributed by atoms with Crippen molar-refractivity contribution < 1.29 is 19.4 Å². The zero-order chi connectivity index (χ0) is 19.3. The van der Waals surface area contributed by atoms with Crippen LogP contribution in [-0.4, -0.2) is 30.9 Å². The topological polar surface area (TPSA) is 55.8 Å². The van der Waals surface area contributed by atoms with Gasteiger partial charge in [-0.1, -0.05) is 24.3 Å². The third-order valence-electron chi connectivity index (χ3n) is 5.93. The van der Waals surface area contributed by atoms with Crippen LogP contribution < -0.4 is 4.74 Å². The van der Waals surface area contributed by atoms with Crippen LogP contribution in [0.25, 0.3) is 0 Å². The van der Waals surface area contributed by atoms with E-state index in [0.717, 1.165) is 37.0 Å². The fraction of sp³-hybridized carbons (Fsp3) is 0.522. The predicted octanol–water partition coefficient (Wildman–Crippen LogP) is 4.54. The van der Waals surface area contributed by atoms with Gasteiger partial charge in [0.2, 0.25) is 0 Å². The van der Waals surface area contributed by atoms with E-state index in [1.165, 1.54) is 25.5 Å². The monoisotopic (exact) mass is 370 g/mol. The molecule has 0 aromatic heterocycles. The van der Waals surface area contributed by atoms with Crippen LogP contribution in [0.5, 0.6) is 5.75 Å². The fourth-order valence-electron chi connectivity index (χ4n) is 4.43. The van der Waals surface area contributed by atoms with E-state index >= 15 is 0 Å². The molecule has 3 rings (SSSR count). The van der Waals surface area contributed by atoms with Crippen LogP contribution in [0.4, 0.5) is 0 Å². The van der Waals surface area contributed by atoms with E-state index in [4.69, 9.17) is 9.47 Å². The summed E-state index contributed by atoms with van der Waals surface area (Å²) in [5.41, 5.74) is 2.57. The average Bonchev–Trinajstić information content (AvgIpc) is 3.04. The Morgan fingerprint density at radius 3 is 2.78 bits per heavy atom. The highest BCUT2D eigenvalue weighted by Crippen LogP contribution is 2.47. The number of hydrogen-bond acceptors (Lipinski definition) is 4. The molecule has 4 heteroatoms. The van der Waals surface area contributed by atoms with Crippen molar-refractivity contribution in [1.29, 1.82) is 0 Å². The zero-order valence-electron chi connectivity index (χ0n) is 16.2. The van der Waals surface area contributed by atoms with Crippen molar-refractivity contribution in [2.24, 2.45) is 5.41 Å². The molecule has 0 radical (unpaired) electrons. The van der Waals surface area contributed by atoms with E-state index in [1.807, 2.05) is 24.3 Å². The highest BCUT2D eigenvalue weighted by Gasteiger charge is 2.38. The molecule has 4 nitrogen and oxygen atoms in total. The predicted molar refractivity (Wildman–Crippen MR) is 106 cm³/mol. The summed E-state index contributed by atoms with van der Waals surface area (Å²) >= 11 is 0. The van der Waals surface area contributed by atoms with Gasteiger partial charge in [0, 0.05) is 5.92 Å². The maximum atomic E-state index is 11.5. The maximum absolute atomic E-state index is 11.5. The summed E-state index contributed by atoms with van der Waals surface area (Å²) in [6, 6.07) is 7.85. The van der Waals surface area contributed by atoms with E-state index in [1.54, 1.807) is 6.08 Å². The second-order valence-corrected chi connectivity index (χ2v) is 7.90. The van der Waals surface area contributed by atoms with E-state index in [2.05, 4.69) is 12.7 Å². The molecule has 1 aromatic rings. The first-order valence-corrected chi connectivity index (χ1v) is 9.84. The summed E-state index contributed by atoms with van der Waals surface area (Å²) in [5, 5.41) is 9.91. The lowest BCUT2D eigenvalue weighted by Crippen LogP contribution is -2.21. The molecule has 0 bridgehead atoms. The molecule has 2 aliphatic carbocycles. The smallest absolute Gasteiger partial charge is 0.306 e. The van der Waals surface area contributed by atoms with E-state index in [-0.39, 0.29) is 23.4 Å². The van der Waals surface area contributed by atoms with Gasteiger partial charge in [-0.2, -0.15) is 0 Å². The molecule has 3 atom stereocenters. The Hall–Kier alpha value is -2.07. The average molecular weight is 370 g/mol. The molecule has 1 N–H and O–H groups in total. The molecule has 1 saturated carbocycles. The molecule has 146 valence electrons. The van der Waals surface area contributed by atoms with E-state index < -0.39 is 0 Å². The molecule has 0 aliphatic heterocycles. The number of aliphatic hydroxyl groups excluding tert-OH is 1. The Labute approximate surface area is 161 Å². The van der Waals surface area contributed by atoms with Crippen LogP contribution >= 0.6 is 0 Å². The van der Waals surface area contributed by atoms with Gasteiger partial charge in [0.15, 0.2) is 0 Å². The van der Waals surface area contributed by atoms with Gasteiger partial charge in [0.25, 0.3) is 0 Å². The maximum Gasteiger partial charge on any atom is 0.306 e. The minimum atomic E-state index is -0.240. The van der Waals surface area contributed by atoms with Gasteiger partial charge < -0.3 is 14.6 Å². The first-order chi connectivity index (χ1) is 13.0. The summed E-state index contributed by atoms with van der Waals surface area (Å²) in [6.45, 7) is 4.42. The number of ether oxygens (including phenoxy) is 2. The normalized spacial score (nSPS) is 25.7. The number of methoxy groups -OCH3 is 1. The molecule has 0 saturated heterocycles. The number of esters is 1. The number of hydrogen-bond donors (Lipinski definition) is 1. The summed E-state index contributed by atoms with van der Waals surface area (Å²) in [5.74, 6) is 0.531.